The fourth-order valence-electron chi connectivity index (χ4n) is 3.66. The molecule has 0 spiro atoms. The Morgan fingerprint density at radius 3 is 2.75 bits per heavy atom. The zero-order chi connectivity index (χ0) is 13.8. The van der Waals surface area contributed by atoms with Gasteiger partial charge in [-0.25, -0.2) is 4.98 Å². The first-order chi connectivity index (χ1) is 9.86. The highest BCUT2D eigenvalue weighted by atomic mass is 15.2. The summed E-state index contributed by atoms with van der Waals surface area (Å²) in [5.74, 6) is 1.82. The summed E-state index contributed by atoms with van der Waals surface area (Å²) in [6.45, 7) is 3.05. The second kappa shape index (κ2) is 6.55. The van der Waals surface area contributed by atoms with Gasteiger partial charge in [-0.1, -0.05) is 12.5 Å². The van der Waals surface area contributed by atoms with Crippen LogP contribution in [0.1, 0.15) is 32.1 Å². The maximum atomic E-state index is 5.87. The number of nitrogens with one attached hydrogen (secondary N) is 1. The van der Waals surface area contributed by atoms with Crippen LogP contribution < -0.4 is 16.0 Å². The van der Waals surface area contributed by atoms with E-state index in [0.29, 0.717) is 18.0 Å². The molecule has 3 rings (SSSR count). The molecule has 2 atom stereocenters. The van der Waals surface area contributed by atoms with Gasteiger partial charge in [0.05, 0.1) is 0 Å². The van der Waals surface area contributed by atoms with Gasteiger partial charge in [0.15, 0.2) is 0 Å². The van der Waals surface area contributed by atoms with E-state index in [4.69, 9.17) is 5.73 Å². The third kappa shape index (κ3) is 3.13. The van der Waals surface area contributed by atoms with Gasteiger partial charge in [-0.2, -0.15) is 0 Å². The fourth-order valence-corrected chi connectivity index (χ4v) is 3.66. The molecule has 1 saturated heterocycles. The quantitative estimate of drug-likeness (QED) is 0.878. The number of anilines is 1. The summed E-state index contributed by atoms with van der Waals surface area (Å²) in [4.78, 5) is 6.84. The molecule has 1 aromatic rings. The van der Waals surface area contributed by atoms with Gasteiger partial charge in [-0.3, -0.25) is 0 Å². The summed E-state index contributed by atoms with van der Waals surface area (Å²) in [6.07, 6.45) is 8.26. The van der Waals surface area contributed by atoms with Crippen LogP contribution in [-0.2, 0) is 0 Å². The van der Waals surface area contributed by atoms with Gasteiger partial charge < -0.3 is 16.0 Å². The number of nitrogens with zero attached hydrogens (tertiary/aromatic N) is 2. The second-order valence-electron chi connectivity index (χ2n) is 6.15. The van der Waals surface area contributed by atoms with Crippen LogP contribution in [0, 0.1) is 5.92 Å². The standard InChI is InChI=1S/C16H26N4/c17-12-13-4-3-5-15(13)19-14-7-10-20(11-8-14)16-6-1-2-9-18-16/h1-2,6,9,13-15,19H,3-5,7-8,10-12,17H2. The van der Waals surface area contributed by atoms with Crippen LogP contribution in [0.2, 0.25) is 0 Å². The van der Waals surface area contributed by atoms with Crippen molar-refractivity contribution in [3.8, 4) is 0 Å². The monoisotopic (exact) mass is 274 g/mol. The van der Waals surface area contributed by atoms with E-state index >= 15 is 0 Å². The molecule has 1 saturated carbocycles. The van der Waals surface area contributed by atoms with Crippen molar-refractivity contribution < 1.29 is 0 Å². The van der Waals surface area contributed by atoms with Crippen molar-refractivity contribution in [1.29, 1.82) is 0 Å². The number of rotatable bonds is 4. The first-order valence-corrected chi connectivity index (χ1v) is 7.99. The zero-order valence-electron chi connectivity index (χ0n) is 12.2. The van der Waals surface area contributed by atoms with E-state index in [2.05, 4.69) is 27.3 Å². The number of nitrogens with two attached hydrogens (primary N) is 1. The van der Waals surface area contributed by atoms with Crippen LogP contribution in [0.25, 0.3) is 0 Å². The second-order valence-corrected chi connectivity index (χ2v) is 6.15. The maximum absolute atomic E-state index is 5.87. The summed E-state index contributed by atoms with van der Waals surface area (Å²) >= 11 is 0. The Morgan fingerprint density at radius 1 is 1.20 bits per heavy atom. The molecule has 4 nitrogen and oxygen atoms in total. The Kier molecular flexibility index (Phi) is 4.53. The van der Waals surface area contributed by atoms with E-state index in [0.717, 1.165) is 25.5 Å². The average molecular weight is 274 g/mol. The van der Waals surface area contributed by atoms with Crippen molar-refractivity contribution in [2.24, 2.45) is 11.7 Å². The minimum absolute atomic E-state index is 0.659. The normalized spacial score (nSPS) is 27.9. The van der Waals surface area contributed by atoms with Crippen molar-refractivity contribution in [1.82, 2.24) is 10.3 Å². The van der Waals surface area contributed by atoms with Crippen molar-refractivity contribution >= 4 is 5.82 Å². The molecular weight excluding hydrogens is 248 g/mol. The molecule has 0 aromatic carbocycles. The van der Waals surface area contributed by atoms with Crippen LogP contribution in [0.3, 0.4) is 0 Å². The SMILES string of the molecule is NCC1CCCC1NC1CCN(c2ccccn2)CC1. The number of hydrogen-bond acceptors (Lipinski definition) is 4. The molecule has 4 heteroatoms. The predicted octanol–water partition coefficient (Wildman–Crippen LogP) is 1.77. The third-order valence-electron chi connectivity index (χ3n) is 4.88. The highest BCUT2D eigenvalue weighted by molar-refractivity contribution is 5.38. The van der Waals surface area contributed by atoms with Gasteiger partial charge in [0.25, 0.3) is 0 Å². The first kappa shape index (κ1) is 13.8. The van der Waals surface area contributed by atoms with Crippen LogP contribution >= 0.6 is 0 Å². The van der Waals surface area contributed by atoms with Crippen molar-refractivity contribution in [2.45, 2.75) is 44.2 Å². The van der Waals surface area contributed by atoms with Crippen LogP contribution in [0.5, 0.6) is 0 Å². The van der Waals surface area contributed by atoms with E-state index in [-0.39, 0.29) is 0 Å². The molecule has 0 radical (unpaired) electrons. The van der Waals surface area contributed by atoms with Gasteiger partial charge >= 0.3 is 0 Å². The number of aromatic nitrogens is 1. The average Bonchev–Trinajstić information content (AvgIpc) is 2.96. The smallest absolute Gasteiger partial charge is 0.128 e. The molecule has 1 aliphatic heterocycles. The fraction of sp³-hybridized carbons (Fsp3) is 0.688. The molecule has 0 bridgehead atoms. The predicted molar refractivity (Wildman–Crippen MR) is 82.8 cm³/mol. The maximum Gasteiger partial charge on any atom is 0.128 e. The summed E-state index contributed by atoms with van der Waals surface area (Å²) in [7, 11) is 0. The lowest BCUT2D eigenvalue weighted by Gasteiger charge is -2.35. The van der Waals surface area contributed by atoms with Crippen molar-refractivity contribution in [3.63, 3.8) is 0 Å². The highest BCUT2D eigenvalue weighted by Gasteiger charge is 2.29. The third-order valence-corrected chi connectivity index (χ3v) is 4.88. The molecule has 2 unspecified atom stereocenters. The molecule has 1 aromatic heterocycles. The summed E-state index contributed by atoms with van der Waals surface area (Å²) in [6, 6.07) is 7.47. The van der Waals surface area contributed by atoms with Crippen LogP contribution in [0.4, 0.5) is 5.82 Å². The van der Waals surface area contributed by atoms with Gasteiger partial charge in [-0.05, 0) is 50.3 Å². The van der Waals surface area contributed by atoms with Gasteiger partial charge in [0.2, 0.25) is 0 Å². The Morgan fingerprint density at radius 2 is 2.05 bits per heavy atom. The number of pyridine rings is 1. The lowest BCUT2D eigenvalue weighted by atomic mass is 9.99. The van der Waals surface area contributed by atoms with E-state index in [1.54, 1.807) is 0 Å². The number of piperidine rings is 1. The van der Waals surface area contributed by atoms with Crippen molar-refractivity contribution in [3.05, 3.63) is 24.4 Å². The summed E-state index contributed by atoms with van der Waals surface area (Å²) in [5.41, 5.74) is 5.87. The first-order valence-electron chi connectivity index (χ1n) is 7.99. The lowest BCUT2D eigenvalue weighted by Crippen LogP contribution is -2.48. The Bertz CT molecular complexity index is 400. The van der Waals surface area contributed by atoms with E-state index in [1.165, 1.54) is 32.1 Å². The van der Waals surface area contributed by atoms with Crippen LogP contribution in [-0.4, -0.2) is 36.7 Å². The van der Waals surface area contributed by atoms with E-state index in [1.807, 2.05) is 12.3 Å². The van der Waals surface area contributed by atoms with Gasteiger partial charge in [-0.15, -0.1) is 0 Å². The zero-order valence-corrected chi connectivity index (χ0v) is 12.2. The molecule has 110 valence electrons. The summed E-state index contributed by atoms with van der Waals surface area (Å²) in [5, 5.41) is 3.86. The molecule has 20 heavy (non-hydrogen) atoms. The molecule has 2 fully saturated rings. The van der Waals surface area contributed by atoms with Gasteiger partial charge in [0, 0.05) is 31.4 Å². The summed E-state index contributed by atoms with van der Waals surface area (Å²) < 4.78 is 0. The van der Waals surface area contributed by atoms with Crippen LogP contribution in [0.15, 0.2) is 24.4 Å². The Hall–Kier alpha value is -1.13. The Balaban J connectivity index is 1.49. The van der Waals surface area contributed by atoms with E-state index in [9.17, 15) is 0 Å². The lowest BCUT2D eigenvalue weighted by molar-refractivity contribution is 0.322. The molecule has 3 N–H and O–H groups in total. The molecule has 1 aliphatic carbocycles. The minimum Gasteiger partial charge on any atom is -0.357 e. The topological polar surface area (TPSA) is 54.2 Å². The molecule has 2 aliphatic rings. The minimum atomic E-state index is 0.659. The molecular formula is C16H26N4. The molecule has 0 amide bonds. The van der Waals surface area contributed by atoms with E-state index < -0.39 is 0 Å². The largest absolute Gasteiger partial charge is 0.357 e. The number of hydrogen-bond donors (Lipinski definition) is 2. The van der Waals surface area contributed by atoms with Gasteiger partial charge in [0.1, 0.15) is 5.82 Å². The Labute approximate surface area is 121 Å². The van der Waals surface area contributed by atoms with Crippen molar-refractivity contribution in [2.75, 3.05) is 24.5 Å². The highest BCUT2D eigenvalue weighted by Crippen LogP contribution is 2.26. The molecule has 2 heterocycles.